The van der Waals surface area contributed by atoms with Crippen LogP contribution in [0.15, 0.2) is 18.2 Å². The molecule has 1 heterocycles. The molecule has 2 atom stereocenters. The molecule has 0 aromatic heterocycles. The van der Waals surface area contributed by atoms with Crippen molar-refractivity contribution in [1.29, 1.82) is 0 Å². The van der Waals surface area contributed by atoms with Crippen molar-refractivity contribution in [3.05, 3.63) is 29.3 Å². The molecule has 1 fully saturated rings. The highest BCUT2D eigenvalue weighted by Crippen LogP contribution is 2.35. The third kappa shape index (κ3) is 2.84. The molecule has 102 valence electrons. The van der Waals surface area contributed by atoms with Crippen molar-refractivity contribution in [2.24, 2.45) is 0 Å². The molecular weight excluding hydrogens is 243 g/mol. The second kappa shape index (κ2) is 5.63. The monoisotopic (exact) mass is 262 g/mol. The molecule has 0 saturated carbocycles. The van der Waals surface area contributed by atoms with E-state index in [0.717, 1.165) is 37.9 Å². The smallest absolute Gasteiger partial charge is 0.423 e. The van der Waals surface area contributed by atoms with E-state index in [-0.39, 0.29) is 12.4 Å². The summed E-state index contributed by atoms with van der Waals surface area (Å²) in [6, 6.07) is 5.57. The van der Waals surface area contributed by atoms with Crippen LogP contribution < -0.4 is 5.46 Å². The Morgan fingerprint density at radius 3 is 2.84 bits per heavy atom. The zero-order chi connectivity index (χ0) is 13.2. The van der Waals surface area contributed by atoms with Crippen molar-refractivity contribution in [3.8, 4) is 0 Å². The van der Waals surface area contributed by atoms with Crippen LogP contribution in [-0.2, 0) is 15.9 Å². The van der Waals surface area contributed by atoms with E-state index in [0.29, 0.717) is 5.46 Å². The van der Waals surface area contributed by atoms with Gasteiger partial charge in [-0.3, -0.25) is 0 Å². The molecule has 2 aliphatic rings. The molecule has 1 aliphatic carbocycles. The van der Waals surface area contributed by atoms with Crippen molar-refractivity contribution in [2.45, 2.75) is 44.5 Å². The first kappa shape index (κ1) is 13.1. The van der Waals surface area contributed by atoms with Gasteiger partial charge in [0, 0.05) is 6.61 Å². The van der Waals surface area contributed by atoms with Gasteiger partial charge in [-0.1, -0.05) is 18.2 Å². The molecule has 3 rings (SSSR count). The standard InChI is InChI=1S/C14H19BO4/c16-15(17)11-5-6-12-10(9-11)4-7-13(12)19-14-3-1-2-8-18-14/h5-6,9,13-14,16-17H,1-4,7-8H2. The van der Waals surface area contributed by atoms with Crippen LogP contribution in [0.3, 0.4) is 0 Å². The highest BCUT2D eigenvalue weighted by Gasteiger charge is 2.28. The Kier molecular flexibility index (Phi) is 3.89. The van der Waals surface area contributed by atoms with Gasteiger partial charge in [0.2, 0.25) is 0 Å². The largest absolute Gasteiger partial charge is 0.488 e. The van der Waals surface area contributed by atoms with E-state index in [4.69, 9.17) is 9.47 Å². The maximum absolute atomic E-state index is 9.19. The first-order chi connectivity index (χ1) is 9.24. The van der Waals surface area contributed by atoms with Gasteiger partial charge >= 0.3 is 7.12 Å². The highest BCUT2D eigenvalue weighted by molar-refractivity contribution is 6.58. The lowest BCUT2D eigenvalue weighted by Gasteiger charge is -2.26. The Bertz CT molecular complexity index is 443. The molecule has 0 bridgehead atoms. The fourth-order valence-corrected chi connectivity index (χ4v) is 2.90. The van der Waals surface area contributed by atoms with Crippen molar-refractivity contribution in [1.82, 2.24) is 0 Å². The maximum atomic E-state index is 9.19. The summed E-state index contributed by atoms with van der Waals surface area (Å²) >= 11 is 0. The van der Waals surface area contributed by atoms with E-state index >= 15 is 0 Å². The van der Waals surface area contributed by atoms with E-state index in [1.54, 1.807) is 6.07 Å². The molecule has 1 aromatic carbocycles. The fourth-order valence-electron chi connectivity index (χ4n) is 2.90. The zero-order valence-corrected chi connectivity index (χ0v) is 10.9. The van der Waals surface area contributed by atoms with Crippen LogP contribution in [0.4, 0.5) is 0 Å². The Morgan fingerprint density at radius 2 is 2.11 bits per heavy atom. The summed E-state index contributed by atoms with van der Waals surface area (Å²) in [4.78, 5) is 0. The molecule has 4 nitrogen and oxygen atoms in total. The first-order valence-corrected chi connectivity index (χ1v) is 7.00. The van der Waals surface area contributed by atoms with Gasteiger partial charge in [0.15, 0.2) is 6.29 Å². The minimum absolute atomic E-state index is 0.0761. The van der Waals surface area contributed by atoms with Crippen molar-refractivity contribution in [2.75, 3.05) is 6.61 Å². The predicted molar refractivity (Wildman–Crippen MR) is 72.0 cm³/mol. The van der Waals surface area contributed by atoms with Gasteiger partial charge in [-0.15, -0.1) is 0 Å². The van der Waals surface area contributed by atoms with Crippen LogP contribution >= 0.6 is 0 Å². The molecule has 1 aromatic rings. The lowest BCUT2D eigenvalue weighted by atomic mass is 9.79. The third-order valence-corrected chi connectivity index (χ3v) is 3.94. The van der Waals surface area contributed by atoms with Crippen molar-refractivity contribution < 1.29 is 19.5 Å². The molecule has 1 aliphatic heterocycles. The Morgan fingerprint density at radius 1 is 1.21 bits per heavy atom. The number of fused-ring (bicyclic) bond motifs is 1. The average Bonchev–Trinajstić information content (AvgIpc) is 2.82. The quantitative estimate of drug-likeness (QED) is 0.794. The van der Waals surface area contributed by atoms with E-state index < -0.39 is 7.12 Å². The lowest BCUT2D eigenvalue weighted by Crippen LogP contribution is -2.30. The van der Waals surface area contributed by atoms with Crippen LogP contribution in [0.2, 0.25) is 0 Å². The number of hydrogen-bond donors (Lipinski definition) is 2. The average molecular weight is 262 g/mol. The third-order valence-electron chi connectivity index (χ3n) is 3.94. The van der Waals surface area contributed by atoms with Crippen LogP contribution in [0.5, 0.6) is 0 Å². The normalized spacial score (nSPS) is 26.2. The van der Waals surface area contributed by atoms with Gasteiger partial charge in [0.1, 0.15) is 0 Å². The molecule has 0 radical (unpaired) electrons. The van der Waals surface area contributed by atoms with E-state index in [1.807, 2.05) is 12.1 Å². The second-order valence-electron chi connectivity index (χ2n) is 5.29. The predicted octanol–water partition coefficient (Wildman–Crippen LogP) is 0.897. The number of hydrogen-bond acceptors (Lipinski definition) is 4. The summed E-state index contributed by atoms with van der Waals surface area (Å²) < 4.78 is 11.6. The van der Waals surface area contributed by atoms with Crippen molar-refractivity contribution in [3.63, 3.8) is 0 Å². The molecule has 0 spiro atoms. The van der Waals surface area contributed by atoms with Crippen LogP contribution in [0, 0.1) is 0 Å². The summed E-state index contributed by atoms with van der Waals surface area (Å²) in [6.07, 6.45) is 5.14. The SMILES string of the molecule is OB(O)c1ccc2c(c1)CCC2OC1CCCCO1. The second-order valence-corrected chi connectivity index (χ2v) is 5.29. The van der Waals surface area contributed by atoms with E-state index in [9.17, 15) is 10.0 Å². The van der Waals surface area contributed by atoms with Crippen molar-refractivity contribution >= 4 is 12.6 Å². The van der Waals surface area contributed by atoms with Crippen LogP contribution in [0.25, 0.3) is 0 Å². The summed E-state index contributed by atoms with van der Waals surface area (Å²) in [5.74, 6) is 0. The minimum Gasteiger partial charge on any atom is -0.423 e. The molecule has 1 saturated heterocycles. The molecular formula is C14H19BO4. The topological polar surface area (TPSA) is 58.9 Å². The number of aryl methyl sites for hydroxylation is 1. The van der Waals surface area contributed by atoms with Gasteiger partial charge in [-0.05, 0) is 48.7 Å². The Balaban J connectivity index is 1.71. The molecule has 5 heteroatoms. The van der Waals surface area contributed by atoms with Gasteiger partial charge in [-0.2, -0.15) is 0 Å². The molecule has 2 unspecified atom stereocenters. The summed E-state index contributed by atoms with van der Waals surface area (Å²) in [6.45, 7) is 0.792. The van der Waals surface area contributed by atoms with Gasteiger partial charge in [-0.25, -0.2) is 0 Å². The van der Waals surface area contributed by atoms with E-state index in [1.165, 1.54) is 12.0 Å². The highest BCUT2D eigenvalue weighted by atomic mass is 16.7. The zero-order valence-electron chi connectivity index (χ0n) is 10.9. The maximum Gasteiger partial charge on any atom is 0.488 e. The molecule has 0 amide bonds. The first-order valence-electron chi connectivity index (χ1n) is 7.00. The van der Waals surface area contributed by atoms with Crippen LogP contribution in [-0.4, -0.2) is 30.1 Å². The summed E-state index contributed by atoms with van der Waals surface area (Å²) in [5, 5.41) is 18.4. The van der Waals surface area contributed by atoms with E-state index in [2.05, 4.69) is 0 Å². The summed E-state index contributed by atoms with van der Waals surface area (Å²) in [5.41, 5.74) is 2.87. The van der Waals surface area contributed by atoms with Gasteiger partial charge < -0.3 is 19.5 Å². The number of benzene rings is 1. The number of ether oxygens (including phenoxy) is 2. The molecule has 19 heavy (non-hydrogen) atoms. The number of rotatable bonds is 3. The molecule has 2 N–H and O–H groups in total. The Hall–Kier alpha value is -0.875. The summed E-state index contributed by atoms with van der Waals surface area (Å²) in [7, 11) is -1.40. The lowest BCUT2D eigenvalue weighted by molar-refractivity contribution is -0.189. The fraction of sp³-hybridized carbons (Fsp3) is 0.571. The van der Waals surface area contributed by atoms with Gasteiger partial charge in [0.05, 0.1) is 6.10 Å². The Labute approximate surface area is 113 Å². The minimum atomic E-state index is -1.40. The van der Waals surface area contributed by atoms with Gasteiger partial charge in [0.25, 0.3) is 0 Å². The van der Waals surface area contributed by atoms with Crippen LogP contribution in [0.1, 0.15) is 42.9 Å².